The predicted molar refractivity (Wildman–Crippen MR) is 81.3 cm³/mol. The van der Waals surface area contributed by atoms with Crippen molar-refractivity contribution in [1.82, 2.24) is 10.2 Å². The quantitative estimate of drug-likeness (QED) is 0.691. The number of hydrogen-bond donors (Lipinski definition) is 1. The molecule has 0 aliphatic heterocycles. The van der Waals surface area contributed by atoms with Gasteiger partial charge in [-0.2, -0.15) is 0 Å². The zero-order chi connectivity index (χ0) is 14.3. The van der Waals surface area contributed by atoms with E-state index >= 15 is 0 Å². The van der Waals surface area contributed by atoms with Gasteiger partial charge in [0, 0.05) is 18.2 Å². The molecular weight excluding hydrogens is 236 g/mol. The Kier molecular flexibility index (Phi) is 7.17. The molecule has 1 rings (SSSR count). The lowest BCUT2D eigenvalue weighted by Gasteiger charge is -2.24. The van der Waals surface area contributed by atoms with Gasteiger partial charge in [-0.3, -0.25) is 4.90 Å². The highest BCUT2D eigenvalue weighted by Gasteiger charge is 2.13. The maximum absolute atomic E-state index is 5.89. The summed E-state index contributed by atoms with van der Waals surface area (Å²) in [7, 11) is 0. The monoisotopic (exact) mass is 266 g/mol. The number of furan rings is 1. The number of rotatable bonds is 9. The highest BCUT2D eigenvalue weighted by Crippen LogP contribution is 2.17. The van der Waals surface area contributed by atoms with Gasteiger partial charge in [-0.1, -0.05) is 13.8 Å². The van der Waals surface area contributed by atoms with Crippen molar-refractivity contribution in [3.63, 3.8) is 0 Å². The second-order valence-corrected chi connectivity index (χ2v) is 5.54. The van der Waals surface area contributed by atoms with E-state index in [2.05, 4.69) is 50.9 Å². The number of aryl methyl sites for hydroxylation is 1. The van der Waals surface area contributed by atoms with E-state index in [4.69, 9.17) is 4.42 Å². The third kappa shape index (κ3) is 5.37. The second kappa shape index (κ2) is 8.39. The van der Waals surface area contributed by atoms with Crippen LogP contribution in [-0.4, -0.2) is 24.0 Å². The first kappa shape index (κ1) is 16.3. The minimum atomic E-state index is 0.562. The average Bonchev–Trinajstić information content (AvgIpc) is 2.70. The summed E-state index contributed by atoms with van der Waals surface area (Å²) in [5.41, 5.74) is 1.30. The van der Waals surface area contributed by atoms with Gasteiger partial charge in [0.2, 0.25) is 0 Å². The van der Waals surface area contributed by atoms with Crippen LogP contribution >= 0.6 is 0 Å². The Morgan fingerprint density at radius 1 is 1.26 bits per heavy atom. The molecule has 0 atom stereocenters. The third-order valence-electron chi connectivity index (χ3n) is 3.41. The minimum Gasteiger partial charge on any atom is -0.465 e. The van der Waals surface area contributed by atoms with Crippen LogP contribution in [0.1, 0.15) is 57.6 Å². The molecule has 1 aromatic heterocycles. The highest BCUT2D eigenvalue weighted by molar-refractivity contribution is 5.20. The SMILES string of the molecule is CCCNCc1cc(CN(CCC)C(C)C)oc1C. The number of nitrogens with one attached hydrogen (secondary N) is 1. The van der Waals surface area contributed by atoms with Crippen LogP contribution in [-0.2, 0) is 13.1 Å². The Bertz CT molecular complexity index is 358. The molecule has 1 heterocycles. The van der Waals surface area contributed by atoms with Gasteiger partial charge in [0.1, 0.15) is 11.5 Å². The molecule has 3 heteroatoms. The topological polar surface area (TPSA) is 28.4 Å². The molecule has 0 unspecified atom stereocenters. The first-order chi connectivity index (χ1) is 9.08. The summed E-state index contributed by atoms with van der Waals surface area (Å²) in [5, 5.41) is 3.43. The summed E-state index contributed by atoms with van der Waals surface area (Å²) in [4.78, 5) is 2.46. The molecule has 0 spiro atoms. The zero-order valence-corrected chi connectivity index (χ0v) is 13.3. The second-order valence-electron chi connectivity index (χ2n) is 5.54. The number of nitrogens with zero attached hydrogens (tertiary/aromatic N) is 1. The Hall–Kier alpha value is -0.800. The van der Waals surface area contributed by atoms with Crippen LogP contribution in [0, 0.1) is 6.92 Å². The largest absolute Gasteiger partial charge is 0.465 e. The standard InChI is InChI=1S/C16H30N2O/c1-6-8-17-11-15-10-16(19-14(15)5)12-18(9-7-2)13(3)4/h10,13,17H,6-9,11-12H2,1-5H3. The lowest BCUT2D eigenvalue weighted by Crippen LogP contribution is -2.30. The fourth-order valence-electron chi connectivity index (χ4n) is 2.25. The van der Waals surface area contributed by atoms with Crippen molar-refractivity contribution in [2.24, 2.45) is 0 Å². The Morgan fingerprint density at radius 3 is 2.58 bits per heavy atom. The molecule has 1 N–H and O–H groups in total. The molecule has 0 bridgehead atoms. The third-order valence-corrected chi connectivity index (χ3v) is 3.41. The van der Waals surface area contributed by atoms with Crippen molar-refractivity contribution in [2.75, 3.05) is 13.1 Å². The van der Waals surface area contributed by atoms with Gasteiger partial charge in [-0.05, 0) is 52.8 Å². The summed E-state index contributed by atoms with van der Waals surface area (Å²) >= 11 is 0. The van der Waals surface area contributed by atoms with Gasteiger partial charge in [-0.25, -0.2) is 0 Å². The molecule has 0 aliphatic carbocycles. The van der Waals surface area contributed by atoms with Crippen LogP contribution in [0.15, 0.2) is 10.5 Å². The van der Waals surface area contributed by atoms with E-state index in [1.54, 1.807) is 0 Å². The fourth-order valence-corrected chi connectivity index (χ4v) is 2.25. The van der Waals surface area contributed by atoms with Crippen LogP contribution < -0.4 is 5.32 Å². The molecule has 19 heavy (non-hydrogen) atoms. The van der Waals surface area contributed by atoms with Gasteiger partial charge in [0.05, 0.1) is 6.54 Å². The van der Waals surface area contributed by atoms with E-state index in [0.29, 0.717) is 6.04 Å². The molecule has 3 nitrogen and oxygen atoms in total. The van der Waals surface area contributed by atoms with E-state index in [1.165, 1.54) is 18.4 Å². The van der Waals surface area contributed by atoms with Gasteiger partial charge < -0.3 is 9.73 Å². The van der Waals surface area contributed by atoms with Gasteiger partial charge in [0.15, 0.2) is 0 Å². The molecule has 0 amide bonds. The smallest absolute Gasteiger partial charge is 0.118 e. The minimum absolute atomic E-state index is 0.562. The van der Waals surface area contributed by atoms with Crippen LogP contribution in [0.25, 0.3) is 0 Å². The Labute approximate surface area is 118 Å². The van der Waals surface area contributed by atoms with E-state index in [0.717, 1.165) is 37.7 Å². The molecular formula is C16H30N2O. The lowest BCUT2D eigenvalue weighted by molar-refractivity contribution is 0.196. The maximum Gasteiger partial charge on any atom is 0.118 e. The summed E-state index contributed by atoms with van der Waals surface area (Å²) in [6, 6.07) is 2.77. The van der Waals surface area contributed by atoms with E-state index in [-0.39, 0.29) is 0 Å². The summed E-state index contributed by atoms with van der Waals surface area (Å²) in [6.45, 7) is 15.0. The first-order valence-electron chi connectivity index (χ1n) is 7.61. The van der Waals surface area contributed by atoms with E-state index < -0.39 is 0 Å². The lowest BCUT2D eigenvalue weighted by atomic mass is 10.2. The molecule has 0 saturated heterocycles. The van der Waals surface area contributed by atoms with Crippen LogP contribution in [0.5, 0.6) is 0 Å². The zero-order valence-electron chi connectivity index (χ0n) is 13.3. The van der Waals surface area contributed by atoms with Crippen molar-refractivity contribution in [1.29, 1.82) is 0 Å². The molecule has 0 aliphatic rings. The van der Waals surface area contributed by atoms with E-state index in [1.807, 2.05) is 0 Å². The van der Waals surface area contributed by atoms with Crippen LogP contribution in [0.4, 0.5) is 0 Å². The Morgan fingerprint density at radius 2 is 2.00 bits per heavy atom. The molecule has 1 aromatic rings. The van der Waals surface area contributed by atoms with Gasteiger partial charge in [0.25, 0.3) is 0 Å². The summed E-state index contributed by atoms with van der Waals surface area (Å²) in [5.74, 6) is 2.15. The molecule has 0 fully saturated rings. The maximum atomic E-state index is 5.89. The molecule has 110 valence electrons. The van der Waals surface area contributed by atoms with Gasteiger partial charge >= 0.3 is 0 Å². The highest BCUT2D eigenvalue weighted by atomic mass is 16.3. The molecule has 0 radical (unpaired) electrons. The van der Waals surface area contributed by atoms with Crippen LogP contribution in [0.3, 0.4) is 0 Å². The molecule has 0 aromatic carbocycles. The number of hydrogen-bond acceptors (Lipinski definition) is 3. The van der Waals surface area contributed by atoms with Crippen LogP contribution in [0.2, 0.25) is 0 Å². The van der Waals surface area contributed by atoms with Crippen molar-refractivity contribution in [3.05, 3.63) is 23.2 Å². The van der Waals surface area contributed by atoms with Gasteiger partial charge in [-0.15, -0.1) is 0 Å². The molecule has 0 saturated carbocycles. The van der Waals surface area contributed by atoms with Crippen molar-refractivity contribution in [2.45, 2.75) is 66.6 Å². The normalized spacial score (nSPS) is 11.7. The Balaban J connectivity index is 2.60. The average molecular weight is 266 g/mol. The van der Waals surface area contributed by atoms with Crippen molar-refractivity contribution >= 4 is 0 Å². The van der Waals surface area contributed by atoms with Crippen molar-refractivity contribution < 1.29 is 4.42 Å². The van der Waals surface area contributed by atoms with Crippen molar-refractivity contribution in [3.8, 4) is 0 Å². The first-order valence-corrected chi connectivity index (χ1v) is 7.61. The summed E-state index contributed by atoms with van der Waals surface area (Å²) < 4.78 is 5.89. The summed E-state index contributed by atoms with van der Waals surface area (Å²) in [6.07, 6.45) is 2.35. The predicted octanol–water partition coefficient (Wildman–Crippen LogP) is 3.71. The fraction of sp³-hybridized carbons (Fsp3) is 0.750. The van der Waals surface area contributed by atoms with E-state index in [9.17, 15) is 0 Å².